The number of hydrogen-bond donors (Lipinski definition) is 2. The predicted molar refractivity (Wildman–Crippen MR) is 69.2 cm³/mol. The predicted octanol–water partition coefficient (Wildman–Crippen LogP) is 2.46. The van der Waals surface area contributed by atoms with Crippen molar-refractivity contribution in [3.8, 4) is 0 Å². The molecule has 0 aliphatic carbocycles. The number of nitrogens with two attached hydrogens (primary N) is 1. The van der Waals surface area contributed by atoms with Gasteiger partial charge in [-0.1, -0.05) is 0 Å². The van der Waals surface area contributed by atoms with E-state index < -0.39 is 34.8 Å². The Morgan fingerprint density at radius 3 is 2.10 bits per heavy atom. The summed E-state index contributed by atoms with van der Waals surface area (Å²) >= 11 is 0. The van der Waals surface area contributed by atoms with Crippen LogP contribution in [0.15, 0.2) is 36.4 Å². The number of rotatable bonds is 3. The van der Waals surface area contributed by atoms with Crippen molar-refractivity contribution in [3.63, 3.8) is 0 Å². The molecule has 0 aliphatic rings. The second-order valence-electron chi connectivity index (χ2n) is 4.12. The van der Waals surface area contributed by atoms with E-state index in [-0.39, 0.29) is 11.3 Å². The van der Waals surface area contributed by atoms with Crippen LogP contribution in [0.2, 0.25) is 0 Å². The van der Waals surface area contributed by atoms with Gasteiger partial charge in [0.25, 0.3) is 5.91 Å². The zero-order valence-electron chi connectivity index (χ0n) is 10.5. The lowest BCUT2D eigenvalue weighted by atomic mass is 10.1. The van der Waals surface area contributed by atoms with Crippen LogP contribution in [0.25, 0.3) is 0 Å². The van der Waals surface area contributed by atoms with Crippen LogP contribution in [-0.4, -0.2) is 11.8 Å². The molecule has 2 aromatic rings. The number of amides is 2. The van der Waals surface area contributed by atoms with Gasteiger partial charge in [0.2, 0.25) is 5.91 Å². The number of hydrogen-bond acceptors (Lipinski definition) is 2. The maximum Gasteiger partial charge on any atom is 0.258 e. The first-order chi connectivity index (χ1) is 9.90. The van der Waals surface area contributed by atoms with E-state index in [1.54, 1.807) is 0 Å². The third-order valence-corrected chi connectivity index (χ3v) is 2.71. The van der Waals surface area contributed by atoms with E-state index in [9.17, 15) is 22.8 Å². The monoisotopic (exact) mass is 294 g/mol. The molecular formula is C14H9F3N2O2. The number of primary amides is 1. The molecule has 0 heterocycles. The third kappa shape index (κ3) is 3.02. The maximum absolute atomic E-state index is 13.4. The molecule has 0 saturated carbocycles. The van der Waals surface area contributed by atoms with Gasteiger partial charge in [-0.3, -0.25) is 9.59 Å². The van der Waals surface area contributed by atoms with E-state index in [1.807, 2.05) is 0 Å². The summed E-state index contributed by atoms with van der Waals surface area (Å²) < 4.78 is 39.3. The molecule has 7 heteroatoms. The molecule has 0 unspecified atom stereocenters. The highest BCUT2D eigenvalue weighted by Crippen LogP contribution is 2.17. The van der Waals surface area contributed by atoms with Crippen LogP contribution in [0.3, 0.4) is 0 Å². The summed E-state index contributed by atoms with van der Waals surface area (Å²) in [5.74, 6) is -6.25. The second kappa shape index (κ2) is 5.66. The number of benzene rings is 2. The number of halogens is 3. The summed E-state index contributed by atoms with van der Waals surface area (Å²) in [5.41, 5.74) is 4.90. The van der Waals surface area contributed by atoms with Gasteiger partial charge in [0, 0.05) is 11.3 Å². The highest BCUT2D eigenvalue weighted by Gasteiger charge is 2.18. The van der Waals surface area contributed by atoms with Gasteiger partial charge in [0.05, 0.1) is 5.56 Å². The summed E-state index contributed by atoms with van der Waals surface area (Å²) in [7, 11) is 0. The van der Waals surface area contributed by atoms with Gasteiger partial charge >= 0.3 is 0 Å². The quantitative estimate of drug-likeness (QED) is 0.853. The molecule has 4 nitrogen and oxygen atoms in total. The van der Waals surface area contributed by atoms with Crippen LogP contribution in [0, 0.1) is 17.5 Å². The van der Waals surface area contributed by atoms with Crippen molar-refractivity contribution in [3.05, 3.63) is 65.0 Å². The normalized spacial score (nSPS) is 10.2. The Labute approximate surface area is 117 Å². The largest absolute Gasteiger partial charge is 0.366 e. The minimum absolute atomic E-state index is 0.229. The SMILES string of the molecule is NC(=O)c1ccc(NC(=O)c2ccc(F)c(F)c2F)cc1. The van der Waals surface area contributed by atoms with Crippen molar-refractivity contribution in [2.75, 3.05) is 5.32 Å². The van der Waals surface area contributed by atoms with Crippen molar-refractivity contribution >= 4 is 17.5 Å². The molecule has 108 valence electrons. The Kier molecular flexibility index (Phi) is 3.93. The van der Waals surface area contributed by atoms with Crippen LogP contribution < -0.4 is 11.1 Å². The summed E-state index contributed by atoms with van der Waals surface area (Å²) in [6, 6.07) is 6.95. The van der Waals surface area contributed by atoms with Crippen LogP contribution >= 0.6 is 0 Å². The summed E-state index contributed by atoms with van der Waals surface area (Å²) in [4.78, 5) is 22.7. The van der Waals surface area contributed by atoms with Gasteiger partial charge in [0.1, 0.15) is 0 Å². The fourth-order valence-corrected chi connectivity index (χ4v) is 1.62. The molecule has 0 spiro atoms. The molecule has 0 radical (unpaired) electrons. The first kappa shape index (κ1) is 14.6. The molecule has 3 N–H and O–H groups in total. The second-order valence-corrected chi connectivity index (χ2v) is 4.12. The minimum Gasteiger partial charge on any atom is -0.366 e. The summed E-state index contributed by atoms with van der Waals surface area (Å²) in [6.45, 7) is 0. The van der Waals surface area contributed by atoms with Crippen molar-refractivity contribution in [1.29, 1.82) is 0 Å². The van der Waals surface area contributed by atoms with Crippen molar-refractivity contribution in [2.45, 2.75) is 0 Å². The highest BCUT2D eigenvalue weighted by molar-refractivity contribution is 6.04. The zero-order chi connectivity index (χ0) is 15.6. The maximum atomic E-state index is 13.4. The lowest BCUT2D eigenvalue weighted by Crippen LogP contribution is -2.15. The Hall–Kier alpha value is -2.83. The van der Waals surface area contributed by atoms with E-state index >= 15 is 0 Å². The van der Waals surface area contributed by atoms with Gasteiger partial charge < -0.3 is 11.1 Å². The molecule has 0 aromatic heterocycles. The Bertz CT molecular complexity index is 715. The van der Waals surface area contributed by atoms with E-state index in [0.29, 0.717) is 6.07 Å². The lowest BCUT2D eigenvalue weighted by Gasteiger charge is -2.07. The van der Waals surface area contributed by atoms with E-state index in [1.165, 1.54) is 24.3 Å². The van der Waals surface area contributed by atoms with E-state index in [4.69, 9.17) is 5.73 Å². The van der Waals surface area contributed by atoms with Crippen molar-refractivity contribution in [1.82, 2.24) is 0 Å². The molecule has 2 rings (SSSR count). The number of nitrogens with one attached hydrogen (secondary N) is 1. The average Bonchev–Trinajstić information content (AvgIpc) is 2.45. The molecule has 0 fully saturated rings. The van der Waals surface area contributed by atoms with Crippen molar-refractivity contribution in [2.24, 2.45) is 5.73 Å². The molecular weight excluding hydrogens is 285 g/mol. The van der Waals surface area contributed by atoms with Crippen LogP contribution in [0.4, 0.5) is 18.9 Å². The first-order valence-corrected chi connectivity index (χ1v) is 5.75. The van der Waals surface area contributed by atoms with Crippen LogP contribution in [0.1, 0.15) is 20.7 Å². The summed E-state index contributed by atoms with van der Waals surface area (Å²) in [5, 5.41) is 2.29. The van der Waals surface area contributed by atoms with Crippen LogP contribution in [-0.2, 0) is 0 Å². The number of carbonyl (C=O) groups is 2. The molecule has 0 aliphatic heterocycles. The molecule has 0 saturated heterocycles. The Morgan fingerprint density at radius 1 is 0.905 bits per heavy atom. The molecule has 21 heavy (non-hydrogen) atoms. The highest BCUT2D eigenvalue weighted by atomic mass is 19.2. The Morgan fingerprint density at radius 2 is 1.52 bits per heavy atom. The van der Waals surface area contributed by atoms with Gasteiger partial charge in [-0.15, -0.1) is 0 Å². The third-order valence-electron chi connectivity index (χ3n) is 2.71. The van der Waals surface area contributed by atoms with Crippen LogP contribution in [0.5, 0.6) is 0 Å². The molecule has 2 aromatic carbocycles. The zero-order valence-corrected chi connectivity index (χ0v) is 10.5. The topological polar surface area (TPSA) is 72.2 Å². The van der Waals surface area contributed by atoms with E-state index in [2.05, 4.69) is 5.32 Å². The summed E-state index contributed by atoms with van der Waals surface area (Å²) in [6.07, 6.45) is 0. The first-order valence-electron chi connectivity index (χ1n) is 5.75. The lowest BCUT2D eigenvalue weighted by molar-refractivity contribution is 0.0997. The van der Waals surface area contributed by atoms with Gasteiger partial charge in [-0.2, -0.15) is 0 Å². The molecule has 0 atom stereocenters. The molecule has 0 bridgehead atoms. The standard InChI is InChI=1S/C14H9F3N2O2/c15-10-6-5-9(11(16)12(10)17)14(21)19-8-3-1-7(2-4-8)13(18)20/h1-6H,(H2,18,20)(H,19,21). The van der Waals surface area contributed by atoms with Crippen molar-refractivity contribution < 1.29 is 22.8 Å². The van der Waals surface area contributed by atoms with E-state index in [0.717, 1.165) is 6.07 Å². The fourth-order valence-electron chi connectivity index (χ4n) is 1.62. The van der Waals surface area contributed by atoms with Gasteiger partial charge in [-0.05, 0) is 36.4 Å². The Balaban J connectivity index is 2.22. The minimum atomic E-state index is -1.72. The number of anilines is 1. The van der Waals surface area contributed by atoms with Gasteiger partial charge in [0.15, 0.2) is 17.5 Å². The van der Waals surface area contributed by atoms with Gasteiger partial charge in [-0.25, -0.2) is 13.2 Å². The smallest absolute Gasteiger partial charge is 0.258 e. The average molecular weight is 294 g/mol. The fraction of sp³-hybridized carbons (Fsp3) is 0. The molecule has 2 amide bonds. The number of carbonyl (C=O) groups excluding carboxylic acids is 2.